The predicted molar refractivity (Wildman–Crippen MR) is 103 cm³/mol. The van der Waals surface area contributed by atoms with E-state index in [0.29, 0.717) is 10.7 Å². The number of likely N-dealkylation sites (N-methyl/N-ethyl adjacent to an activating group) is 1. The van der Waals surface area contributed by atoms with Crippen LogP contribution < -0.4 is 0 Å². The van der Waals surface area contributed by atoms with Crippen LogP contribution in [-0.4, -0.2) is 37.3 Å². The topological polar surface area (TPSA) is 76.6 Å². The van der Waals surface area contributed by atoms with E-state index in [0.717, 1.165) is 15.1 Å². The molecule has 27 heavy (non-hydrogen) atoms. The minimum Gasteiger partial charge on any atom is -0.460 e. The zero-order valence-electron chi connectivity index (χ0n) is 14.5. The van der Waals surface area contributed by atoms with E-state index in [1.165, 1.54) is 19.3 Å². The van der Waals surface area contributed by atoms with Crippen LogP contribution in [-0.2, 0) is 26.2 Å². The van der Waals surface area contributed by atoms with Gasteiger partial charge in [0, 0.05) is 18.8 Å². The summed E-state index contributed by atoms with van der Waals surface area (Å²) >= 11 is 5.70. The summed E-state index contributed by atoms with van der Waals surface area (Å²) in [5.41, 5.74) is 0.660. The van der Waals surface area contributed by atoms with Crippen molar-refractivity contribution in [1.29, 1.82) is 0 Å². The molecule has 3 aromatic rings. The minimum atomic E-state index is -3.81. The van der Waals surface area contributed by atoms with Crippen LogP contribution in [0.2, 0.25) is 5.15 Å². The van der Waals surface area contributed by atoms with E-state index < -0.39 is 22.5 Å². The Labute approximate surface area is 162 Å². The Bertz CT molecular complexity index is 1070. The van der Waals surface area contributed by atoms with Crippen LogP contribution in [0.1, 0.15) is 5.56 Å². The third-order valence-corrected chi connectivity index (χ3v) is 5.99. The molecule has 8 heteroatoms. The van der Waals surface area contributed by atoms with Gasteiger partial charge < -0.3 is 4.74 Å². The van der Waals surface area contributed by atoms with E-state index in [4.69, 9.17) is 16.3 Å². The lowest BCUT2D eigenvalue weighted by atomic mass is 10.1. The summed E-state index contributed by atoms with van der Waals surface area (Å²) in [6.07, 6.45) is 1.49. The maximum absolute atomic E-state index is 12.7. The highest BCUT2D eigenvalue weighted by Gasteiger charge is 2.23. The number of benzene rings is 2. The lowest BCUT2D eigenvalue weighted by molar-refractivity contribution is -0.144. The highest BCUT2D eigenvalue weighted by atomic mass is 35.5. The van der Waals surface area contributed by atoms with Gasteiger partial charge in [0.15, 0.2) is 0 Å². The van der Waals surface area contributed by atoms with Crippen LogP contribution in [0.15, 0.2) is 65.7 Å². The molecule has 0 spiro atoms. The molecule has 2 aromatic carbocycles. The summed E-state index contributed by atoms with van der Waals surface area (Å²) in [6.45, 7) is -0.400. The summed E-state index contributed by atoms with van der Waals surface area (Å²) in [5.74, 6) is -0.656. The quantitative estimate of drug-likeness (QED) is 0.465. The number of esters is 1. The van der Waals surface area contributed by atoms with Crippen molar-refractivity contribution in [3.05, 3.63) is 71.5 Å². The van der Waals surface area contributed by atoms with Gasteiger partial charge in [0.25, 0.3) is 0 Å². The number of pyridine rings is 1. The van der Waals surface area contributed by atoms with Gasteiger partial charge in [0.05, 0.1) is 4.90 Å². The molecule has 140 valence electrons. The molecule has 0 bridgehead atoms. The molecule has 0 unspecified atom stereocenters. The number of halogens is 1. The molecule has 0 aliphatic carbocycles. The van der Waals surface area contributed by atoms with Crippen LogP contribution in [0.3, 0.4) is 0 Å². The molecule has 0 radical (unpaired) electrons. The first kappa shape index (κ1) is 19.3. The Morgan fingerprint density at radius 2 is 1.85 bits per heavy atom. The third-order valence-electron chi connectivity index (χ3n) is 3.97. The molecular weight excluding hydrogens is 388 g/mol. The van der Waals surface area contributed by atoms with E-state index >= 15 is 0 Å². The average Bonchev–Trinajstić information content (AvgIpc) is 2.67. The fourth-order valence-electron chi connectivity index (χ4n) is 2.48. The first-order valence-electron chi connectivity index (χ1n) is 8.07. The minimum absolute atomic E-state index is 0.00708. The lowest BCUT2D eigenvalue weighted by Crippen LogP contribution is -2.33. The molecule has 1 heterocycles. The SMILES string of the molecule is CN(CC(=O)OCc1ccc(Cl)nc1)S(=O)(=O)c1ccc2ccccc2c1. The smallest absolute Gasteiger partial charge is 0.321 e. The summed E-state index contributed by atoms with van der Waals surface area (Å²) in [4.78, 5) is 16.0. The number of nitrogens with zero attached hydrogens (tertiary/aromatic N) is 2. The zero-order chi connectivity index (χ0) is 19.4. The van der Waals surface area contributed by atoms with Crippen LogP contribution in [0.4, 0.5) is 0 Å². The molecular formula is C19H17ClN2O4S. The molecule has 0 amide bonds. The van der Waals surface area contributed by atoms with Crippen molar-refractivity contribution in [2.45, 2.75) is 11.5 Å². The number of fused-ring (bicyclic) bond motifs is 1. The molecule has 1 aromatic heterocycles. The molecule has 0 aliphatic heterocycles. The zero-order valence-corrected chi connectivity index (χ0v) is 16.1. The molecule has 0 N–H and O–H groups in total. The molecule has 3 rings (SSSR count). The van der Waals surface area contributed by atoms with E-state index in [1.54, 1.807) is 24.3 Å². The number of aromatic nitrogens is 1. The molecule has 0 aliphatic rings. The van der Waals surface area contributed by atoms with Gasteiger partial charge in [-0.3, -0.25) is 4.79 Å². The highest BCUT2D eigenvalue weighted by molar-refractivity contribution is 7.89. The average molecular weight is 405 g/mol. The fourth-order valence-corrected chi connectivity index (χ4v) is 3.74. The lowest BCUT2D eigenvalue weighted by Gasteiger charge is -2.17. The van der Waals surface area contributed by atoms with Gasteiger partial charge in [-0.1, -0.05) is 48.0 Å². The van der Waals surface area contributed by atoms with Crippen molar-refractivity contribution in [3.63, 3.8) is 0 Å². The summed E-state index contributed by atoms with van der Waals surface area (Å²) < 4.78 is 31.5. The van der Waals surface area contributed by atoms with Crippen LogP contribution >= 0.6 is 11.6 Å². The Balaban J connectivity index is 1.66. The number of hydrogen-bond donors (Lipinski definition) is 0. The molecule has 0 fully saturated rings. The van der Waals surface area contributed by atoms with Crippen LogP contribution in [0.5, 0.6) is 0 Å². The molecule has 0 saturated carbocycles. The maximum Gasteiger partial charge on any atom is 0.321 e. The van der Waals surface area contributed by atoms with Crippen LogP contribution in [0, 0.1) is 0 Å². The monoisotopic (exact) mass is 404 g/mol. The number of carbonyl (C=O) groups excluding carboxylic acids is 1. The Hall–Kier alpha value is -2.48. The van der Waals surface area contributed by atoms with Gasteiger partial charge in [-0.2, -0.15) is 4.31 Å². The van der Waals surface area contributed by atoms with Gasteiger partial charge in [0.2, 0.25) is 10.0 Å². The van der Waals surface area contributed by atoms with Gasteiger partial charge in [-0.25, -0.2) is 13.4 Å². The van der Waals surface area contributed by atoms with Gasteiger partial charge in [-0.15, -0.1) is 0 Å². The van der Waals surface area contributed by atoms with Crippen molar-refractivity contribution >= 4 is 38.4 Å². The van der Waals surface area contributed by atoms with E-state index in [1.807, 2.05) is 24.3 Å². The first-order valence-corrected chi connectivity index (χ1v) is 9.89. The Morgan fingerprint density at radius 3 is 2.56 bits per heavy atom. The van der Waals surface area contributed by atoms with E-state index in [-0.39, 0.29) is 11.5 Å². The Kier molecular flexibility index (Phi) is 5.74. The first-order chi connectivity index (χ1) is 12.9. The predicted octanol–water partition coefficient (Wildman–Crippen LogP) is 3.25. The van der Waals surface area contributed by atoms with Crippen molar-refractivity contribution < 1.29 is 17.9 Å². The third kappa shape index (κ3) is 4.63. The van der Waals surface area contributed by atoms with Crippen LogP contribution in [0.25, 0.3) is 10.8 Å². The number of hydrogen-bond acceptors (Lipinski definition) is 5. The van der Waals surface area contributed by atoms with Crippen molar-refractivity contribution in [2.75, 3.05) is 13.6 Å². The number of rotatable bonds is 6. The normalized spacial score (nSPS) is 11.7. The largest absolute Gasteiger partial charge is 0.460 e. The second-order valence-corrected chi connectivity index (χ2v) is 8.35. The summed E-state index contributed by atoms with van der Waals surface area (Å²) in [7, 11) is -2.47. The van der Waals surface area contributed by atoms with Gasteiger partial charge >= 0.3 is 5.97 Å². The van der Waals surface area contributed by atoms with Gasteiger partial charge in [-0.05, 0) is 29.0 Å². The number of sulfonamides is 1. The molecule has 0 atom stereocenters. The summed E-state index contributed by atoms with van der Waals surface area (Å²) in [5, 5.41) is 2.09. The maximum atomic E-state index is 12.7. The van der Waals surface area contributed by atoms with Gasteiger partial charge in [0.1, 0.15) is 18.3 Å². The Morgan fingerprint density at radius 1 is 1.11 bits per heavy atom. The number of ether oxygens (including phenoxy) is 1. The fraction of sp³-hybridized carbons (Fsp3) is 0.158. The second-order valence-electron chi connectivity index (χ2n) is 5.92. The standard InChI is InChI=1S/C19H17ClN2O4S/c1-22(12-19(23)26-13-14-6-9-18(20)21-11-14)27(24,25)17-8-7-15-4-2-3-5-16(15)10-17/h2-11H,12-13H2,1H3. The second kappa shape index (κ2) is 8.04. The highest BCUT2D eigenvalue weighted by Crippen LogP contribution is 2.21. The van der Waals surface area contributed by atoms with Crippen molar-refractivity contribution in [3.8, 4) is 0 Å². The van der Waals surface area contributed by atoms with E-state index in [2.05, 4.69) is 4.98 Å². The number of carbonyl (C=O) groups is 1. The van der Waals surface area contributed by atoms with E-state index in [9.17, 15) is 13.2 Å². The molecule has 6 nitrogen and oxygen atoms in total. The summed E-state index contributed by atoms with van der Waals surface area (Å²) in [6, 6.07) is 15.6. The van der Waals surface area contributed by atoms with Crippen molar-refractivity contribution in [1.82, 2.24) is 9.29 Å². The van der Waals surface area contributed by atoms with Crippen molar-refractivity contribution in [2.24, 2.45) is 0 Å². The molecule has 0 saturated heterocycles.